The van der Waals surface area contributed by atoms with Gasteiger partial charge in [0.1, 0.15) is 17.2 Å². The predicted octanol–water partition coefficient (Wildman–Crippen LogP) is 6.33. The number of rotatable bonds is 8. The van der Waals surface area contributed by atoms with Gasteiger partial charge in [0.2, 0.25) is 5.91 Å². The quantitative estimate of drug-likeness (QED) is 0.313. The standard InChI is InChI=1S/C25H22Br2N2O2/c1-18-9-5-7-13-22(18)29(25(30)21(27)15-26)23(16-28)20-12-6-8-14-24(20)31-17-19-10-3-2-4-11-19/h2-14,21,23H,15,17H2,1H3. The Balaban J connectivity index is 2.02. The van der Waals surface area contributed by atoms with Crippen LogP contribution in [0, 0.1) is 18.3 Å². The van der Waals surface area contributed by atoms with E-state index in [1.54, 1.807) is 4.90 Å². The maximum Gasteiger partial charge on any atom is 0.243 e. The first-order chi connectivity index (χ1) is 15.1. The van der Waals surface area contributed by atoms with Crippen LogP contribution in [0.4, 0.5) is 5.69 Å². The highest BCUT2D eigenvalue weighted by atomic mass is 79.9. The SMILES string of the molecule is Cc1ccccc1N(C(=O)C(Br)CBr)C(C#N)c1ccccc1OCc1ccccc1. The fourth-order valence-corrected chi connectivity index (χ4v) is 3.77. The summed E-state index contributed by atoms with van der Waals surface area (Å²) in [6.45, 7) is 2.30. The number of alkyl halides is 2. The predicted molar refractivity (Wildman–Crippen MR) is 131 cm³/mol. The maximum atomic E-state index is 13.3. The molecule has 158 valence electrons. The Morgan fingerprint density at radius 3 is 2.35 bits per heavy atom. The highest BCUT2D eigenvalue weighted by molar-refractivity contribution is 9.12. The number of hydrogen-bond acceptors (Lipinski definition) is 3. The second-order valence-electron chi connectivity index (χ2n) is 6.96. The third-order valence-corrected chi connectivity index (χ3v) is 7.08. The van der Waals surface area contributed by atoms with Crippen LogP contribution in [0.25, 0.3) is 0 Å². The van der Waals surface area contributed by atoms with Crippen LogP contribution in [-0.4, -0.2) is 16.1 Å². The highest BCUT2D eigenvalue weighted by Crippen LogP contribution is 2.35. The molecular weight excluding hydrogens is 520 g/mol. The van der Waals surface area contributed by atoms with Gasteiger partial charge in [0.05, 0.1) is 6.07 Å². The number of amides is 1. The number of aryl methyl sites for hydroxylation is 1. The zero-order chi connectivity index (χ0) is 22.2. The smallest absolute Gasteiger partial charge is 0.243 e. The van der Waals surface area contributed by atoms with E-state index in [1.165, 1.54) is 0 Å². The molecule has 6 heteroatoms. The average Bonchev–Trinajstić information content (AvgIpc) is 2.82. The summed E-state index contributed by atoms with van der Waals surface area (Å²) in [4.78, 5) is 14.4. The molecule has 0 heterocycles. The fourth-order valence-electron chi connectivity index (χ4n) is 3.28. The van der Waals surface area contributed by atoms with Gasteiger partial charge in [0.15, 0.2) is 6.04 Å². The second-order valence-corrected chi connectivity index (χ2v) is 8.71. The molecule has 2 unspecified atom stereocenters. The van der Waals surface area contributed by atoms with Gasteiger partial charge < -0.3 is 4.74 Å². The summed E-state index contributed by atoms with van der Waals surface area (Å²) in [6.07, 6.45) is 0. The van der Waals surface area contributed by atoms with Gasteiger partial charge in [0.25, 0.3) is 0 Å². The summed E-state index contributed by atoms with van der Waals surface area (Å²) in [7, 11) is 0. The van der Waals surface area contributed by atoms with E-state index in [4.69, 9.17) is 4.74 Å². The van der Waals surface area contributed by atoms with Crippen molar-refractivity contribution < 1.29 is 9.53 Å². The van der Waals surface area contributed by atoms with Crippen LogP contribution in [0.5, 0.6) is 5.75 Å². The number of para-hydroxylation sites is 2. The molecule has 0 aliphatic heterocycles. The number of benzene rings is 3. The minimum absolute atomic E-state index is 0.199. The van der Waals surface area contributed by atoms with Crippen molar-refractivity contribution in [3.8, 4) is 11.8 Å². The molecule has 0 spiro atoms. The lowest BCUT2D eigenvalue weighted by Crippen LogP contribution is -2.40. The van der Waals surface area contributed by atoms with Crippen molar-refractivity contribution in [3.63, 3.8) is 0 Å². The first kappa shape index (κ1) is 23.1. The molecule has 0 aliphatic carbocycles. The molecule has 0 bridgehead atoms. The number of carbonyl (C=O) groups is 1. The van der Waals surface area contributed by atoms with E-state index < -0.39 is 10.9 Å². The Kier molecular flexibility index (Phi) is 8.27. The second kappa shape index (κ2) is 11.1. The molecule has 0 radical (unpaired) electrons. The van der Waals surface area contributed by atoms with E-state index in [0.29, 0.717) is 28.9 Å². The topological polar surface area (TPSA) is 53.3 Å². The molecular formula is C25H22Br2N2O2. The minimum atomic E-state index is -0.848. The molecule has 0 saturated heterocycles. The molecule has 4 nitrogen and oxygen atoms in total. The van der Waals surface area contributed by atoms with Crippen LogP contribution in [0.3, 0.4) is 0 Å². The third-order valence-electron chi connectivity index (χ3n) is 4.85. The Bertz CT molecular complexity index is 1070. The number of anilines is 1. The molecule has 0 N–H and O–H groups in total. The van der Waals surface area contributed by atoms with E-state index in [2.05, 4.69) is 37.9 Å². The van der Waals surface area contributed by atoms with Gasteiger partial charge in [-0.2, -0.15) is 5.26 Å². The van der Waals surface area contributed by atoms with Crippen molar-refractivity contribution in [1.29, 1.82) is 5.26 Å². The zero-order valence-corrected chi connectivity index (χ0v) is 20.2. The molecule has 3 rings (SSSR count). The van der Waals surface area contributed by atoms with Gasteiger partial charge in [-0.3, -0.25) is 9.69 Å². The van der Waals surface area contributed by atoms with Gasteiger partial charge in [-0.1, -0.05) is 98.6 Å². The molecule has 1 amide bonds. The van der Waals surface area contributed by atoms with Crippen molar-refractivity contribution in [3.05, 3.63) is 95.6 Å². The number of halogens is 2. The molecule has 0 aliphatic rings. The molecule has 3 aromatic carbocycles. The Morgan fingerprint density at radius 1 is 1.03 bits per heavy atom. The van der Waals surface area contributed by atoms with Gasteiger partial charge in [-0.25, -0.2) is 0 Å². The van der Waals surface area contributed by atoms with Crippen molar-refractivity contribution in [2.24, 2.45) is 0 Å². The maximum absolute atomic E-state index is 13.3. The summed E-state index contributed by atoms with van der Waals surface area (Å²) < 4.78 is 6.08. The van der Waals surface area contributed by atoms with Gasteiger partial charge in [0, 0.05) is 16.6 Å². The molecule has 0 aromatic heterocycles. The lowest BCUT2D eigenvalue weighted by atomic mass is 10.0. The Labute approximate surface area is 199 Å². The van der Waals surface area contributed by atoms with E-state index >= 15 is 0 Å². The number of nitrogens with zero attached hydrogens (tertiary/aromatic N) is 2. The van der Waals surface area contributed by atoms with Gasteiger partial charge in [-0.15, -0.1) is 0 Å². The number of hydrogen-bond donors (Lipinski definition) is 0. The summed E-state index contributed by atoms with van der Waals surface area (Å²) in [5.41, 5.74) is 3.28. The third kappa shape index (κ3) is 5.55. The van der Waals surface area contributed by atoms with Crippen molar-refractivity contribution in [2.45, 2.75) is 24.4 Å². The van der Waals surface area contributed by atoms with E-state index in [-0.39, 0.29) is 5.91 Å². The van der Waals surface area contributed by atoms with E-state index in [0.717, 1.165) is 11.1 Å². The molecule has 0 saturated carbocycles. The van der Waals surface area contributed by atoms with Crippen LogP contribution in [0.1, 0.15) is 22.7 Å². The van der Waals surface area contributed by atoms with Crippen LogP contribution in [0.15, 0.2) is 78.9 Å². The largest absolute Gasteiger partial charge is 0.489 e. The minimum Gasteiger partial charge on any atom is -0.489 e. The average molecular weight is 542 g/mol. The lowest BCUT2D eigenvalue weighted by Gasteiger charge is -2.31. The number of ether oxygens (including phenoxy) is 1. The highest BCUT2D eigenvalue weighted by Gasteiger charge is 2.33. The fraction of sp³-hybridized carbons (Fsp3) is 0.200. The first-order valence-corrected chi connectivity index (χ1v) is 11.8. The summed E-state index contributed by atoms with van der Waals surface area (Å²) in [5.74, 6) is 0.379. The van der Waals surface area contributed by atoms with Crippen LogP contribution in [-0.2, 0) is 11.4 Å². The number of nitriles is 1. The van der Waals surface area contributed by atoms with Crippen LogP contribution < -0.4 is 9.64 Å². The first-order valence-electron chi connectivity index (χ1n) is 9.80. The zero-order valence-electron chi connectivity index (χ0n) is 17.0. The lowest BCUT2D eigenvalue weighted by molar-refractivity contribution is -0.117. The van der Waals surface area contributed by atoms with Crippen molar-refractivity contribution in [1.82, 2.24) is 0 Å². The normalized spacial score (nSPS) is 12.5. The van der Waals surface area contributed by atoms with Gasteiger partial charge >= 0.3 is 0 Å². The Hall–Kier alpha value is -2.62. The monoisotopic (exact) mass is 540 g/mol. The summed E-state index contributed by atoms with van der Waals surface area (Å²) in [6, 6.07) is 26.3. The van der Waals surface area contributed by atoms with Crippen molar-refractivity contribution in [2.75, 3.05) is 10.2 Å². The van der Waals surface area contributed by atoms with E-state index in [9.17, 15) is 10.1 Å². The van der Waals surface area contributed by atoms with E-state index in [1.807, 2.05) is 85.8 Å². The van der Waals surface area contributed by atoms with Crippen LogP contribution >= 0.6 is 31.9 Å². The number of carbonyl (C=O) groups excluding carboxylic acids is 1. The van der Waals surface area contributed by atoms with Gasteiger partial charge in [-0.05, 0) is 30.2 Å². The molecule has 31 heavy (non-hydrogen) atoms. The molecule has 3 aromatic rings. The van der Waals surface area contributed by atoms with Crippen LogP contribution in [0.2, 0.25) is 0 Å². The molecule has 2 atom stereocenters. The summed E-state index contributed by atoms with van der Waals surface area (Å²) in [5, 5.41) is 10.6. The van der Waals surface area contributed by atoms with Crippen molar-refractivity contribution >= 4 is 43.5 Å². The summed E-state index contributed by atoms with van der Waals surface area (Å²) >= 11 is 6.80. The Morgan fingerprint density at radius 2 is 1.68 bits per heavy atom. The molecule has 0 fully saturated rings.